The van der Waals surface area contributed by atoms with E-state index >= 15 is 0 Å². The van der Waals surface area contributed by atoms with Gasteiger partial charge in [-0.2, -0.15) is 0 Å². The number of benzene rings is 2. The Morgan fingerprint density at radius 2 is 1.44 bits per heavy atom. The summed E-state index contributed by atoms with van der Waals surface area (Å²) in [5.41, 5.74) is 1.47. The molecular weight excluding hydrogens is 430 g/mol. The van der Waals surface area contributed by atoms with Crippen molar-refractivity contribution in [2.75, 3.05) is 20.3 Å². The third kappa shape index (κ3) is 8.08. The molecule has 0 aliphatic heterocycles. The third-order valence-electron chi connectivity index (χ3n) is 7.34. The summed E-state index contributed by atoms with van der Waals surface area (Å²) in [6.45, 7) is 3.59. The minimum Gasteiger partial charge on any atom is -0.494 e. The van der Waals surface area contributed by atoms with Crippen LogP contribution >= 0.6 is 0 Å². The molecule has 1 aliphatic rings. The Balaban J connectivity index is 1.49. The Kier molecular flexibility index (Phi) is 11.3. The third-order valence-corrected chi connectivity index (χ3v) is 7.34. The number of methoxy groups -OCH3 is 1. The lowest BCUT2D eigenvalue weighted by Gasteiger charge is -2.28. The van der Waals surface area contributed by atoms with E-state index in [1.54, 1.807) is 31.4 Å². The van der Waals surface area contributed by atoms with Crippen molar-refractivity contribution in [2.45, 2.75) is 84.0 Å². The van der Waals surface area contributed by atoms with Crippen LogP contribution in [0.15, 0.2) is 36.4 Å². The van der Waals surface area contributed by atoms with Crippen LogP contribution in [-0.2, 0) is 11.2 Å². The molecule has 0 spiro atoms. The molecule has 0 N–H and O–H groups in total. The number of ether oxygens (including phenoxy) is 2. The van der Waals surface area contributed by atoms with Crippen LogP contribution in [0.2, 0.25) is 0 Å². The van der Waals surface area contributed by atoms with Gasteiger partial charge in [0.25, 0.3) is 0 Å². The van der Waals surface area contributed by atoms with Gasteiger partial charge >= 0.3 is 0 Å². The molecule has 2 aromatic carbocycles. The summed E-state index contributed by atoms with van der Waals surface area (Å²) in [5.74, 6) is 0.823. The first-order valence-corrected chi connectivity index (χ1v) is 13.3. The molecule has 0 aromatic heterocycles. The van der Waals surface area contributed by atoms with Gasteiger partial charge in [0.05, 0.1) is 6.61 Å². The highest BCUT2D eigenvalue weighted by atomic mass is 19.2. The largest absolute Gasteiger partial charge is 0.494 e. The zero-order valence-corrected chi connectivity index (χ0v) is 21.1. The first kappa shape index (κ1) is 26.7. The predicted octanol–water partition coefficient (Wildman–Crippen LogP) is 8.76. The molecule has 188 valence electrons. The number of unbranched alkanes of at least 4 members (excludes halogenated alkanes) is 3. The van der Waals surface area contributed by atoms with E-state index in [0.29, 0.717) is 35.6 Å². The van der Waals surface area contributed by atoms with Gasteiger partial charge in [0.15, 0.2) is 11.6 Å². The fourth-order valence-corrected chi connectivity index (χ4v) is 5.13. The summed E-state index contributed by atoms with van der Waals surface area (Å²) in [7, 11) is 1.69. The SMILES string of the molecule is CCCCCC1CCC(CCc2ccc(-c3ccc(OCCCCOC)cc3)c(F)c2F)CC1. The molecular formula is C30H42F2O2. The Labute approximate surface area is 205 Å². The zero-order valence-electron chi connectivity index (χ0n) is 21.1. The standard InChI is InChI=1S/C30H42F2O2/c1-3-4-5-8-23-9-11-24(12-10-23)13-14-26-17-20-28(30(32)29(26)31)25-15-18-27(19-16-25)34-22-7-6-21-33-2/h15-20,23-24H,3-14,21-22H2,1-2H3. The number of halogens is 2. The lowest BCUT2D eigenvalue weighted by atomic mass is 9.77. The Morgan fingerprint density at radius 1 is 0.765 bits per heavy atom. The van der Waals surface area contributed by atoms with Gasteiger partial charge in [-0.25, -0.2) is 8.78 Å². The van der Waals surface area contributed by atoms with E-state index in [1.807, 2.05) is 12.1 Å². The van der Waals surface area contributed by atoms with Crippen LogP contribution < -0.4 is 4.74 Å². The Hall–Kier alpha value is -1.94. The summed E-state index contributed by atoms with van der Waals surface area (Å²) < 4.78 is 40.5. The quantitative estimate of drug-likeness (QED) is 0.256. The lowest BCUT2D eigenvalue weighted by molar-refractivity contribution is 0.184. The fourth-order valence-electron chi connectivity index (χ4n) is 5.13. The van der Waals surface area contributed by atoms with Crippen LogP contribution in [0.4, 0.5) is 8.78 Å². The molecule has 0 radical (unpaired) electrons. The summed E-state index contributed by atoms with van der Waals surface area (Å²) in [4.78, 5) is 0. The average molecular weight is 473 g/mol. The molecule has 34 heavy (non-hydrogen) atoms. The summed E-state index contributed by atoms with van der Waals surface area (Å²) in [5, 5.41) is 0. The van der Waals surface area contributed by atoms with Crippen LogP contribution in [0.5, 0.6) is 5.75 Å². The van der Waals surface area contributed by atoms with Gasteiger partial charge in [0.2, 0.25) is 0 Å². The number of hydrogen-bond donors (Lipinski definition) is 0. The molecule has 1 fully saturated rings. The molecule has 0 bridgehead atoms. The van der Waals surface area contributed by atoms with Crippen molar-refractivity contribution in [3.05, 3.63) is 53.6 Å². The average Bonchev–Trinajstić information content (AvgIpc) is 2.86. The smallest absolute Gasteiger partial charge is 0.166 e. The number of hydrogen-bond acceptors (Lipinski definition) is 2. The van der Waals surface area contributed by atoms with Crippen LogP contribution in [0.3, 0.4) is 0 Å². The topological polar surface area (TPSA) is 18.5 Å². The van der Waals surface area contributed by atoms with Crippen LogP contribution in [0.25, 0.3) is 11.1 Å². The lowest BCUT2D eigenvalue weighted by Crippen LogP contribution is -2.15. The highest BCUT2D eigenvalue weighted by Gasteiger charge is 2.22. The molecule has 4 heteroatoms. The highest BCUT2D eigenvalue weighted by molar-refractivity contribution is 5.65. The monoisotopic (exact) mass is 472 g/mol. The molecule has 2 nitrogen and oxygen atoms in total. The second-order valence-electron chi connectivity index (χ2n) is 9.89. The van der Waals surface area contributed by atoms with Gasteiger partial charge in [-0.1, -0.05) is 82.6 Å². The maximum Gasteiger partial charge on any atom is 0.166 e. The van der Waals surface area contributed by atoms with Crippen molar-refractivity contribution in [1.29, 1.82) is 0 Å². The van der Waals surface area contributed by atoms with E-state index in [1.165, 1.54) is 51.4 Å². The molecule has 2 aromatic rings. The van der Waals surface area contributed by atoms with Crippen molar-refractivity contribution in [1.82, 2.24) is 0 Å². The van der Waals surface area contributed by atoms with Gasteiger partial charge < -0.3 is 9.47 Å². The molecule has 0 heterocycles. The number of aryl methyl sites for hydroxylation is 1. The molecule has 0 atom stereocenters. The van der Waals surface area contributed by atoms with Crippen molar-refractivity contribution < 1.29 is 18.3 Å². The zero-order chi connectivity index (χ0) is 24.2. The van der Waals surface area contributed by atoms with E-state index < -0.39 is 11.6 Å². The van der Waals surface area contributed by atoms with Crippen molar-refractivity contribution >= 4 is 0 Å². The van der Waals surface area contributed by atoms with Crippen LogP contribution in [0, 0.1) is 23.5 Å². The molecule has 0 unspecified atom stereocenters. The molecule has 1 aliphatic carbocycles. The first-order valence-electron chi connectivity index (χ1n) is 13.3. The normalized spacial score (nSPS) is 18.2. The van der Waals surface area contributed by atoms with E-state index in [9.17, 15) is 8.78 Å². The minimum atomic E-state index is -0.745. The van der Waals surface area contributed by atoms with E-state index in [-0.39, 0.29) is 0 Å². The van der Waals surface area contributed by atoms with Gasteiger partial charge in [0, 0.05) is 19.3 Å². The minimum absolute atomic E-state index is 0.306. The van der Waals surface area contributed by atoms with Gasteiger partial charge in [-0.05, 0) is 60.8 Å². The number of rotatable bonds is 14. The van der Waals surface area contributed by atoms with Crippen molar-refractivity contribution in [3.8, 4) is 16.9 Å². The maximum atomic E-state index is 14.9. The first-order chi connectivity index (χ1) is 16.6. The van der Waals surface area contributed by atoms with Gasteiger partial charge in [0.1, 0.15) is 5.75 Å². The molecule has 1 saturated carbocycles. The maximum absolute atomic E-state index is 14.9. The van der Waals surface area contributed by atoms with E-state index in [2.05, 4.69) is 6.92 Å². The van der Waals surface area contributed by atoms with Crippen molar-refractivity contribution in [2.24, 2.45) is 11.8 Å². The highest BCUT2D eigenvalue weighted by Crippen LogP contribution is 2.35. The second kappa shape index (κ2) is 14.5. The van der Waals surface area contributed by atoms with Gasteiger partial charge in [-0.3, -0.25) is 0 Å². The Morgan fingerprint density at radius 3 is 2.12 bits per heavy atom. The summed E-state index contributed by atoms with van der Waals surface area (Å²) >= 11 is 0. The molecule has 0 amide bonds. The Bertz CT molecular complexity index is 842. The molecule has 0 saturated heterocycles. The van der Waals surface area contributed by atoms with E-state index in [4.69, 9.17) is 9.47 Å². The predicted molar refractivity (Wildman–Crippen MR) is 136 cm³/mol. The van der Waals surface area contributed by atoms with Gasteiger partial charge in [-0.15, -0.1) is 0 Å². The second-order valence-corrected chi connectivity index (χ2v) is 9.89. The molecule has 3 rings (SSSR count). The fraction of sp³-hybridized carbons (Fsp3) is 0.600. The van der Waals surface area contributed by atoms with Crippen LogP contribution in [0.1, 0.15) is 83.1 Å². The van der Waals surface area contributed by atoms with Crippen molar-refractivity contribution in [3.63, 3.8) is 0 Å². The summed E-state index contributed by atoms with van der Waals surface area (Å²) in [6, 6.07) is 10.7. The summed E-state index contributed by atoms with van der Waals surface area (Å²) in [6.07, 6.45) is 13.9. The van der Waals surface area contributed by atoms with Crippen LogP contribution in [-0.4, -0.2) is 20.3 Å². The van der Waals surface area contributed by atoms with E-state index in [0.717, 1.165) is 37.5 Å².